The Hall–Kier alpha value is -4.71. The molecular formula is C56H61F2NO3. The van der Waals surface area contributed by atoms with Gasteiger partial charge in [-0.05, 0) is 194 Å². The lowest BCUT2D eigenvalue weighted by Gasteiger charge is -2.57. The van der Waals surface area contributed by atoms with Crippen LogP contribution in [0.1, 0.15) is 139 Å². The maximum absolute atomic E-state index is 16.1. The Morgan fingerprint density at radius 1 is 0.500 bits per heavy atom. The van der Waals surface area contributed by atoms with Gasteiger partial charge in [0.1, 0.15) is 28.9 Å². The molecule has 6 heteroatoms. The highest BCUT2D eigenvalue weighted by molar-refractivity contribution is 5.90. The van der Waals surface area contributed by atoms with E-state index in [-0.39, 0.29) is 45.8 Å². The van der Waals surface area contributed by atoms with Gasteiger partial charge < -0.3 is 14.9 Å². The summed E-state index contributed by atoms with van der Waals surface area (Å²) in [6, 6.07) is 22.5. The fourth-order valence-corrected chi connectivity index (χ4v) is 14.9. The van der Waals surface area contributed by atoms with E-state index in [9.17, 15) is 10.2 Å². The molecule has 62 heavy (non-hydrogen) atoms. The molecule has 0 unspecified atom stereocenters. The summed E-state index contributed by atoms with van der Waals surface area (Å²) in [5, 5.41) is 24.8. The fourth-order valence-electron chi connectivity index (χ4n) is 14.9. The zero-order valence-corrected chi connectivity index (χ0v) is 37.0. The van der Waals surface area contributed by atoms with Crippen molar-refractivity contribution in [3.05, 3.63) is 107 Å². The third kappa shape index (κ3) is 6.59. The molecule has 0 amide bonds. The highest BCUT2D eigenvalue weighted by atomic mass is 19.1. The Kier molecular flexibility index (Phi) is 9.49. The predicted molar refractivity (Wildman–Crippen MR) is 244 cm³/mol. The molecule has 8 bridgehead atoms. The summed E-state index contributed by atoms with van der Waals surface area (Å²) < 4.78 is 38.3. The van der Waals surface area contributed by atoms with E-state index in [0.29, 0.717) is 74.9 Å². The number of halogens is 2. The first-order chi connectivity index (χ1) is 29.8. The number of hydrogen-bond donors (Lipinski definition) is 2. The van der Waals surface area contributed by atoms with Gasteiger partial charge in [-0.3, -0.25) is 0 Å². The van der Waals surface area contributed by atoms with Crippen LogP contribution >= 0.6 is 0 Å². The average molecular weight is 834 g/mol. The SMILES string of the molecule is COc1cc(-c2cc(C(C)C)ccc2-c2cc(F)cc(C34CC5CC(CC(C5)C3)C4)c2O)nc(-c2cc(C(C)C)ccc2-c2cc(F)cc(C34CC5CC(CC(C5)C3)C4)c2O)c1. The van der Waals surface area contributed by atoms with E-state index in [1.165, 1.54) is 50.7 Å². The molecule has 8 aliphatic carbocycles. The Morgan fingerprint density at radius 3 is 1.18 bits per heavy atom. The summed E-state index contributed by atoms with van der Waals surface area (Å²) in [6.45, 7) is 8.61. The number of phenolic OH excluding ortho intramolecular Hbond substituents is 2. The molecule has 5 aromatic rings. The van der Waals surface area contributed by atoms with E-state index in [4.69, 9.17) is 9.72 Å². The topological polar surface area (TPSA) is 62.6 Å². The Morgan fingerprint density at radius 2 is 0.855 bits per heavy atom. The van der Waals surface area contributed by atoms with E-state index in [2.05, 4.69) is 52.0 Å². The van der Waals surface area contributed by atoms with Crippen LogP contribution in [0.4, 0.5) is 8.78 Å². The van der Waals surface area contributed by atoms with Gasteiger partial charge in [0.25, 0.3) is 0 Å². The first kappa shape index (κ1) is 40.1. The van der Waals surface area contributed by atoms with E-state index < -0.39 is 0 Å². The molecule has 0 radical (unpaired) electrons. The number of methoxy groups -OCH3 is 1. The van der Waals surface area contributed by atoms with Crippen LogP contribution in [0.5, 0.6) is 17.2 Å². The third-order valence-corrected chi connectivity index (χ3v) is 17.0. The van der Waals surface area contributed by atoms with Gasteiger partial charge >= 0.3 is 0 Å². The number of aromatic nitrogens is 1. The van der Waals surface area contributed by atoms with E-state index >= 15 is 8.78 Å². The number of pyridine rings is 1. The molecular weight excluding hydrogens is 773 g/mol. The van der Waals surface area contributed by atoms with Crippen molar-refractivity contribution < 1.29 is 23.7 Å². The first-order valence-corrected chi connectivity index (χ1v) is 23.7. The van der Waals surface area contributed by atoms with Crippen molar-refractivity contribution in [1.29, 1.82) is 0 Å². The van der Waals surface area contributed by atoms with Crippen molar-refractivity contribution in [1.82, 2.24) is 4.98 Å². The molecule has 4 aromatic carbocycles. The minimum Gasteiger partial charge on any atom is -0.507 e. The molecule has 0 spiro atoms. The van der Waals surface area contributed by atoms with Gasteiger partial charge in [-0.2, -0.15) is 0 Å². The lowest BCUT2D eigenvalue weighted by molar-refractivity contribution is -0.00637. The number of rotatable bonds is 9. The second-order valence-electron chi connectivity index (χ2n) is 21.8. The number of hydrogen-bond acceptors (Lipinski definition) is 4. The molecule has 8 saturated carbocycles. The highest BCUT2D eigenvalue weighted by Crippen LogP contribution is 2.64. The van der Waals surface area contributed by atoms with E-state index in [1.54, 1.807) is 19.2 Å². The van der Waals surface area contributed by atoms with Crippen molar-refractivity contribution in [3.63, 3.8) is 0 Å². The summed E-state index contributed by atoms with van der Waals surface area (Å²) >= 11 is 0. The van der Waals surface area contributed by atoms with Gasteiger partial charge in [0.2, 0.25) is 0 Å². The van der Waals surface area contributed by atoms with Crippen LogP contribution in [0.25, 0.3) is 44.8 Å². The molecule has 1 heterocycles. The lowest BCUT2D eigenvalue weighted by atomic mass is 9.48. The van der Waals surface area contributed by atoms with Gasteiger partial charge in [0, 0.05) is 45.5 Å². The maximum atomic E-state index is 16.1. The zero-order chi connectivity index (χ0) is 42.8. The van der Waals surface area contributed by atoms with Gasteiger partial charge in [-0.15, -0.1) is 0 Å². The Labute approximate surface area is 366 Å². The van der Waals surface area contributed by atoms with E-state index in [0.717, 1.165) is 71.9 Å². The zero-order valence-electron chi connectivity index (χ0n) is 37.0. The summed E-state index contributed by atoms with van der Waals surface area (Å²) in [5.74, 6) is 4.53. The quantitative estimate of drug-likeness (QED) is 0.155. The van der Waals surface area contributed by atoms with Crippen LogP contribution in [0.2, 0.25) is 0 Å². The summed E-state index contributed by atoms with van der Waals surface area (Å²) in [5.41, 5.74) is 8.49. The van der Waals surface area contributed by atoms with Crippen molar-refractivity contribution in [2.75, 3.05) is 7.11 Å². The normalized spacial score (nSPS) is 29.3. The molecule has 0 atom stereocenters. The minimum atomic E-state index is -0.334. The second-order valence-corrected chi connectivity index (χ2v) is 21.8. The van der Waals surface area contributed by atoms with Crippen LogP contribution < -0.4 is 4.74 Å². The maximum Gasteiger partial charge on any atom is 0.127 e. The molecule has 0 saturated heterocycles. The number of ether oxygens (including phenoxy) is 1. The summed E-state index contributed by atoms with van der Waals surface area (Å²) in [7, 11) is 1.64. The van der Waals surface area contributed by atoms with Crippen molar-refractivity contribution in [2.24, 2.45) is 35.5 Å². The van der Waals surface area contributed by atoms with Crippen molar-refractivity contribution >= 4 is 0 Å². The molecule has 2 N–H and O–H groups in total. The number of benzene rings is 4. The molecule has 0 aliphatic heterocycles. The smallest absolute Gasteiger partial charge is 0.127 e. The minimum absolute atomic E-state index is 0.179. The van der Waals surface area contributed by atoms with Crippen LogP contribution in [-0.4, -0.2) is 22.3 Å². The second kappa shape index (κ2) is 14.7. The van der Waals surface area contributed by atoms with Crippen molar-refractivity contribution in [3.8, 4) is 62.0 Å². The Balaban J connectivity index is 1.07. The first-order valence-electron chi connectivity index (χ1n) is 23.7. The number of nitrogens with zero attached hydrogens (tertiary/aromatic N) is 1. The predicted octanol–water partition coefficient (Wildman–Crippen LogP) is 14.6. The number of aromatic hydroxyl groups is 2. The van der Waals surface area contributed by atoms with Crippen LogP contribution in [0.3, 0.4) is 0 Å². The van der Waals surface area contributed by atoms with Gasteiger partial charge in [0.05, 0.1) is 18.5 Å². The van der Waals surface area contributed by atoms with Crippen molar-refractivity contribution in [2.45, 2.75) is 127 Å². The highest BCUT2D eigenvalue weighted by Gasteiger charge is 2.54. The monoisotopic (exact) mass is 833 g/mol. The average Bonchev–Trinajstić information content (AvgIpc) is 3.23. The summed E-state index contributed by atoms with van der Waals surface area (Å²) in [6.07, 6.45) is 13.6. The van der Waals surface area contributed by atoms with E-state index in [1.807, 2.05) is 24.3 Å². The van der Waals surface area contributed by atoms with Crippen LogP contribution in [-0.2, 0) is 10.8 Å². The standard InChI is InChI=1S/C56H61F2NO3/c1-30(2)38-6-8-43(47-18-40(57)20-49(53(47)60)55-24-32-10-33(25-55)12-34(11-32)26-55)45(16-38)51-22-42(62-5)23-52(59-51)46-17-39(31(3)4)7-9-44(46)48-19-41(58)21-50(54(48)61)56-27-35-13-36(28-56)15-37(14-35)29-56/h6-9,16-23,30-37,60-61H,10-15,24-29H2,1-5H3. The summed E-state index contributed by atoms with van der Waals surface area (Å²) in [4.78, 5) is 5.42. The fraction of sp³-hybridized carbons (Fsp3) is 0.482. The van der Waals surface area contributed by atoms with Gasteiger partial charge in [-0.25, -0.2) is 13.8 Å². The lowest BCUT2D eigenvalue weighted by Crippen LogP contribution is -2.48. The number of phenols is 2. The van der Waals surface area contributed by atoms with Gasteiger partial charge in [-0.1, -0.05) is 52.0 Å². The molecule has 13 rings (SSSR count). The largest absolute Gasteiger partial charge is 0.507 e. The van der Waals surface area contributed by atoms with Crippen LogP contribution in [0, 0.1) is 47.1 Å². The molecule has 8 aliphatic rings. The molecule has 322 valence electrons. The third-order valence-electron chi connectivity index (χ3n) is 17.0. The molecule has 1 aromatic heterocycles. The van der Waals surface area contributed by atoms with Gasteiger partial charge in [0.15, 0.2) is 0 Å². The molecule has 8 fully saturated rings. The molecule has 4 nitrogen and oxygen atoms in total. The Bertz CT molecular complexity index is 2360. The van der Waals surface area contributed by atoms with Crippen LogP contribution in [0.15, 0.2) is 72.8 Å².